The first-order chi connectivity index (χ1) is 16.2. The number of rotatable bonds is 4. The first-order valence-electron chi connectivity index (χ1n) is 10.4. The molecule has 0 spiro atoms. The van der Waals surface area contributed by atoms with Crippen molar-refractivity contribution in [3.8, 4) is 0 Å². The molecule has 2 amide bonds. The summed E-state index contributed by atoms with van der Waals surface area (Å²) in [5.41, 5.74) is 0.104. The van der Waals surface area contributed by atoms with E-state index in [4.69, 9.17) is 11.6 Å². The van der Waals surface area contributed by atoms with Gasteiger partial charge in [-0.2, -0.15) is 13.2 Å². The number of alkyl halides is 3. The molecule has 0 unspecified atom stereocenters. The van der Waals surface area contributed by atoms with Crippen molar-refractivity contribution >= 4 is 40.8 Å². The van der Waals surface area contributed by atoms with E-state index in [0.717, 1.165) is 23.8 Å². The third-order valence-corrected chi connectivity index (χ3v) is 5.58. The van der Waals surface area contributed by atoms with Crippen molar-refractivity contribution < 1.29 is 18.0 Å². The normalized spacial score (nSPS) is 14.1. The number of aromatic nitrogens is 3. The van der Waals surface area contributed by atoms with Gasteiger partial charge in [0.25, 0.3) is 0 Å². The van der Waals surface area contributed by atoms with E-state index in [2.05, 4.69) is 25.8 Å². The van der Waals surface area contributed by atoms with Gasteiger partial charge < -0.3 is 20.4 Å². The number of nitrogens with one attached hydrogen (secondary N) is 2. The van der Waals surface area contributed by atoms with Crippen molar-refractivity contribution in [2.75, 3.05) is 41.7 Å². The summed E-state index contributed by atoms with van der Waals surface area (Å²) in [5, 5.41) is 14.0. The third-order valence-electron chi connectivity index (χ3n) is 5.25. The maximum Gasteiger partial charge on any atom is 0.416 e. The molecule has 3 heterocycles. The Labute approximate surface area is 198 Å². The predicted molar refractivity (Wildman–Crippen MR) is 124 cm³/mol. The monoisotopic (exact) mass is 491 g/mol. The van der Waals surface area contributed by atoms with Crippen LogP contribution in [0.25, 0.3) is 0 Å². The molecule has 1 fully saturated rings. The molecule has 12 heteroatoms. The van der Waals surface area contributed by atoms with Gasteiger partial charge in [0.05, 0.1) is 16.3 Å². The van der Waals surface area contributed by atoms with Crippen LogP contribution in [-0.4, -0.2) is 52.3 Å². The Hall–Kier alpha value is -3.60. The second kappa shape index (κ2) is 9.72. The predicted octanol–water partition coefficient (Wildman–Crippen LogP) is 4.95. The molecule has 1 aliphatic rings. The standard InChI is InChI=1S/C22H21ClF3N7O/c1-14-6-7-27-19(12-14)29-18-4-5-20(31-30-18)32-8-10-33(11-9-32)21(34)28-17-13-15(22(24,25)26)2-3-16(17)23/h2-7,12-13H,8-11H2,1H3,(H,28,34)(H,27,29,30). The highest BCUT2D eigenvalue weighted by Crippen LogP contribution is 2.34. The number of anilines is 4. The number of halogens is 4. The zero-order valence-corrected chi connectivity index (χ0v) is 18.9. The van der Waals surface area contributed by atoms with Crippen molar-refractivity contribution in [2.45, 2.75) is 13.1 Å². The van der Waals surface area contributed by atoms with Crippen molar-refractivity contribution in [2.24, 2.45) is 0 Å². The Morgan fingerprint density at radius 3 is 2.41 bits per heavy atom. The number of pyridine rings is 1. The third kappa shape index (κ3) is 5.66. The molecule has 1 aromatic carbocycles. The Bertz CT molecular complexity index is 1170. The average Bonchev–Trinajstić information content (AvgIpc) is 2.80. The molecule has 1 saturated heterocycles. The lowest BCUT2D eigenvalue weighted by Gasteiger charge is -2.35. The molecule has 4 rings (SSSR count). The number of piperazine rings is 1. The quantitative estimate of drug-likeness (QED) is 0.537. The van der Waals surface area contributed by atoms with E-state index in [1.807, 2.05) is 30.0 Å². The molecule has 34 heavy (non-hydrogen) atoms. The fourth-order valence-electron chi connectivity index (χ4n) is 3.43. The van der Waals surface area contributed by atoms with Gasteiger partial charge in [0.2, 0.25) is 0 Å². The lowest BCUT2D eigenvalue weighted by Crippen LogP contribution is -2.50. The summed E-state index contributed by atoms with van der Waals surface area (Å²) in [7, 11) is 0. The largest absolute Gasteiger partial charge is 0.416 e. The van der Waals surface area contributed by atoms with Crippen LogP contribution in [0.4, 0.5) is 41.1 Å². The summed E-state index contributed by atoms with van der Waals surface area (Å²) in [5.74, 6) is 1.88. The lowest BCUT2D eigenvalue weighted by molar-refractivity contribution is -0.137. The molecular weight excluding hydrogens is 471 g/mol. The summed E-state index contributed by atoms with van der Waals surface area (Å²) in [4.78, 5) is 20.3. The van der Waals surface area contributed by atoms with Gasteiger partial charge in [0.15, 0.2) is 11.6 Å². The van der Waals surface area contributed by atoms with E-state index in [0.29, 0.717) is 43.6 Å². The maximum atomic E-state index is 13.0. The smallest absolute Gasteiger partial charge is 0.352 e. The van der Waals surface area contributed by atoms with Gasteiger partial charge in [0, 0.05) is 32.4 Å². The highest BCUT2D eigenvalue weighted by Gasteiger charge is 2.31. The Balaban J connectivity index is 1.33. The van der Waals surface area contributed by atoms with Crippen LogP contribution in [0.3, 0.4) is 0 Å². The van der Waals surface area contributed by atoms with Crippen molar-refractivity contribution in [3.63, 3.8) is 0 Å². The topological polar surface area (TPSA) is 86.3 Å². The molecule has 3 aromatic rings. The minimum absolute atomic E-state index is 0.0322. The van der Waals surface area contributed by atoms with Crippen molar-refractivity contribution in [1.82, 2.24) is 20.1 Å². The highest BCUT2D eigenvalue weighted by molar-refractivity contribution is 6.33. The molecule has 0 atom stereocenters. The first-order valence-corrected chi connectivity index (χ1v) is 10.8. The van der Waals surface area contributed by atoms with Gasteiger partial charge in [-0.05, 0) is 55.0 Å². The number of aryl methyl sites for hydroxylation is 1. The number of hydrogen-bond donors (Lipinski definition) is 2. The van der Waals surface area contributed by atoms with Crippen LogP contribution in [0.15, 0.2) is 48.7 Å². The lowest BCUT2D eigenvalue weighted by atomic mass is 10.2. The van der Waals surface area contributed by atoms with Crippen LogP contribution in [0.1, 0.15) is 11.1 Å². The Kier molecular flexibility index (Phi) is 6.73. The summed E-state index contributed by atoms with van der Waals surface area (Å²) in [6.45, 7) is 3.67. The van der Waals surface area contributed by atoms with E-state index >= 15 is 0 Å². The van der Waals surface area contributed by atoms with E-state index in [1.165, 1.54) is 4.90 Å². The molecule has 0 bridgehead atoms. The molecular formula is C22H21ClF3N7O. The number of amides is 2. The first kappa shape index (κ1) is 23.6. The minimum atomic E-state index is -4.53. The van der Waals surface area contributed by atoms with Crippen LogP contribution in [0.5, 0.6) is 0 Å². The van der Waals surface area contributed by atoms with Crippen molar-refractivity contribution in [3.05, 3.63) is 64.8 Å². The molecule has 2 aromatic heterocycles. The highest BCUT2D eigenvalue weighted by atomic mass is 35.5. The number of hydrogen-bond acceptors (Lipinski definition) is 6. The number of carbonyl (C=O) groups is 1. The number of urea groups is 1. The van der Waals surface area contributed by atoms with Crippen LogP contribution in [-0.2, 0) is 6.18 Å². The summed E-state index contributed by atoms with van der Waals surface area (Å²) in [6, 6.07) is 9.70. The van der Waals surface area contributed by atoms with E-state index < -0.39 is 17.8 Å². The zero-order chi connectivity index (χ0) is 24.3. The minimum Gasteiger partial charge on any atom is -0.352 e. The van der Waals surface area contributed by atoms with Crippen LogP contribution in [0, 0.1) is 6.92 Å². The molecule has 178 valence electrons. The fourth-order valence-corrected chi connectivity index (χ4v) is 3.59. The van der Waals surface area contributed by atoms with Crippen LogP contribution < -0.4 is 15.5 Å². The maximum absolute atomic E-state index is 13.0. The molecule has 0 radical (unpaired) electrons. The Morgan fingerprint density at radius 2 is 1.76 bits per heavy atom. The average molecular weight is 492 g/mol. The van der Waals surface area contributed by atoms with Crippen LogP contribution >= 0.6 is 11.6 Å². The van der Waals surface area contributed by atoms with E-state index in [9.17, 15) is 18.0 Å². The van der Waals surface area contributed by atoms with Gasteiger partial charge in [-0.15, -0.1) is 10.2 Å². The zero-order valence-electron chi connectivity index (χ0n) is 18.1. The number of carbonyl (C=O) groups excluding carboxylic acids is 1. The van der Waals surface area contributed by atoms with E-state index in [-0.39, 0.29) is 10.7 Å². The van der Waals surface area contributed by atoms with Gasteiger partial charge in [0.1, 0.15) is 5.82 Å². The summed E-state index contributed by atoms with van der Waals surface area (Å²) < 4.78 is 38.9. The number of benzene rings is 1. The van der Waals surface area contributed by atoms with Gasteiger partial charge >= 0.3 is 12.2 Å². The van der Waals surface area contributed by atoms with Crippen LogP contribution in [0.2, 0.25) is 5.02 Å². The summed E-state index contributed by atoms with van der Waals surface area (Å²) >= 11 is 5.97. The van der Waals surface area contributed by atoms with Gasteiger partial charge in [-0.3, -0.25) is 0 Å². The van der Waals surface area contributed by atoms with E-state index in [1.54, 1.807) is 12.3 Å². The molecule has 0 aliphatic carbocycles. The molecule has 1 aliphatic heterocycles. The SMILES string of the molecule is Cc1ccnc(Nc2ccc(N3CCN(C(=O)Nc4cc(C(F)(F)F)ccc4Cl)CC3)nn2)c1. The second-order valence-corrected chi connectivity index (χ2v) is 8.12. The van der Waals surface area contributed by atoms with Gasteiger partial charge in [-0.25, -0.2) is 9.78 Å². The number of nitrogens with zero attached hydrogens (tertiary/aromatic N) is 5. The Morgan fingerprint density at radius 1 is 1.00 bits per heavy atom. The fraction of sp³-hybridized carbons (Fsp3) is 0.273. The van der Waals surface area contributed by atoms with Crippen molar-refractivity contribution in [1.29, 1.82) is 0 Å². The summed E-state index contributed by atoms with van der Waals surface area (Å²) in [6.07, 6.45) is -2.82. The van der Waals surface area contributed by atoms with Gasteiger partial charge in [-0.1, -0.05) is 11.6 Å². The molecule has 8 nitrogen and oxygen atoms in total. The molecule has 0 saturated carbocycles. The second-order valence-electron chi connectivity index (χ2n) is 7.72. The molecule has 2 N–H and O–H groups in total.